The van der Waals surface area contributed by atoms with Crippen LogP contribution in [0.2, 0.25) is 0 Å². The van der Waals surface area contributed by atoms with E-state index >= 15 is 0 Å². The van der Waals surface area contributed by atoms with Crippen molar-refractivity contribution in [3.8, 4) is 0 Å². The Labute approximate surface area is 130 Å². The Kier molecular flexibility index (Phi) is 3.43. The van der Waals surface area contributed by atoms with Crippen LogP contribution in [-0.4, -0.2) is 29.3 Å². The molecule has 2 fully saturated rings. The molecule has 1 aliphatic heterocycles. The number of furan rings is 1. The van der Waals surface area contributed by atoms with Crippen LogP contribution >= 0.6 is 0 Å². The molecule has 4 rings (SSSR count). The number of amides is 2. The smallest absolute Gasteiger partial charge is 0.243 e. The fraction of sp³-hybridized carbons (Fsp3) is 0.647. The van der Waals surface area contributed by atoms with Gasteiger partial charge in [-0.25, -0.2) is 0 Å². The molecule has 118 valence electrons. The minimum Gasteiger partial charge on any atom is -0.469 e. The number of nitrogens with one attached hydrogen (secondary N) is 1. The Morgan fingerprint density at radius 2 is 2.05 bits per heavy atom. The molecular formula is C17H22N2O3. The van der Waals surface area contributed by atoms with Gasteiger partial charge in [-0.3, -0.25) is 9.59 Å². The summed E-state index contributed by atoms with van der Waals surface area (Å²) in [5, 5.41) is 3.15. The second-order valence-electron chi connectivity index (χ2n) is 6.72. The fourth-order valence-electron chi connectivity index (χ4n) is 3.77. The van der Waals surface area contributed by atoms with Gasteiger partial charge in [-0.05, 0) is 44.6 Å². The summed E-state index contributed by atoms with van der Waals surface area (Å²) in [6.07, 6.45) is 8.32. The first kappa shape index (κ1) is 13.9. The zero-order valence-electron chi connectivity index (χ0n) is 12.7. The second kappa shape index (κ2) is 5.45. The van der Waals surface area contributed by atoms with Gasteiger partial charge in [0.05, 0.1) is 12.3 Å². The minimum atomic E-state index is -0.273. The summed E-state index contributed by atoms with van der Waals surface area (Å²) in [6.45, 7) is 0.731. The van der Waals surface area contributed by atoms with E-state index in [1.54, 1.807) is 6.26 Å². The predicted octanol–water partition coefficient (Wildman–Crippen LogP) is 2.17. The first-order valence-electron chi connectivity index (χ1n) is 8.41. The molecule has 0 aromatic carbocycles. The van der Waals surface area contributed by atoms with Crippen molar-refractivity contribution in [2.24, 2.45) is 5.92 Å². The minimum absolute atomic E-state index is 0.00514. The molecule has 3 aliphatic rings. The van der Waals surface area contributed by atoms with Crippen LogP contribution in [0.4, 0.5) is 0 Å². The van der Waals surface area contributed by atoms with Crippen LogP contribution in [0.1, 0.15) is 55.9 Å². The number of carbonyl (C=O) groups is 2. The molecule has 1 saturated heterocycles. The average Bonchev–Trinajstić information content (AvgIpc) is 3.06. The SMILES string of the molecule is O=C(N[C@@H]1CCCc2occc21)[C@@H]1CCCN1C(=O)C1CC1. The van der Waals surface area contributed by atoms with Gasteiger partial charge >= 0.3 is 0 Å². The lowest BCUT2D eigenvalue weighted by Crippen LogP contribution is -2.47. The number of rotatable bonds is 3. The molecular weight excluding hydrogens is 280 g/mol. The number of carbonyl (C=O) groups excluding carboxylic acids is 2. The summed E-state index contributed by atoms with van der Waals surface area (Å²) in [7, 11) is 0. The van der Waals surface area contributed by atoms with Crippen molar-refractivity contribution < 1.29 is 14.0 Å². The molecule has 0 unspecified atom stereocenters. The number of aryl methyl sites for hydroxylation is 1. The van der Waals surface area contributed by atoms with Gasteiger partial charge in [0.15, 0.2) is 0 Å². The van der Waals surface area contributed by atoms with E-state index in [0.717, 1.165) is 62.8 Å². The van der Waals surface area contributed by atoms with E-state index in [0.29, 0.717) is 0 Å². The van der Waals surface area contributed by atoms with Crippen LogP contribution in [0.25, 0.3) is 0 Å². The maximum atomic E-state index is 12.7. The maximum Gasteiger partial charge on any atom is 0.243 e. The Bertz CT molecular complexity index is 590. The summed E-state index contributed by atoms with van der Waals surface area (Å²) in [4.78, 5) is 26.8. The van der Waals surface area contributed by atoms with E-state index in [2.05, 4.69) is 5.32 Å². The van der Waals surface area contributed by atoms with Gasteiger partial charge in [0.2, 0.25) is 11.8 Å². The Morgan fingerprint density at radius 1 is 1.18 bits per heavy atom. The molecule has 1 aromatic rings. The Balaban J connectivity index is 1.45. The van der Waals surface area contributed by atoms with Crippen molar-refractivity contribution in [3.63, 3.8) is 0 Å². The normalized spacial score (nSPS) is 27.5. The van der Waals surface area contributed by atoms with E-state index in [1.807, 2.05) is 11.0 Å². The molecule has 2 atom stereocenters. The predicted molar refractivity (Wildman–Crippen MR) is 80.0 cm³/mol. The van der Waals surface area contributed by atoms with Crippen LogP contribution in [0.3, 0.4) is 0 Å². The number of fused-ring (bicyclic) bond motifs is 1. The molecule has 5 heteroatoms. The van der Waals surface area contributed by atoms with Gasteiger partial charge in [0, 0.05) is 24.4 Å². The Hall–Kier alpha value is -1.78. The Morgan fingerprint density at radius 3 is 2.86 bits per heavy atom. The van der Waals surface area contributed by atoms with Crippen LogP contribution in [0, 0.1) is 5.92 Å². The summed E-state index contributed by atoms with van der Waals surface area (Å²) in [5.41, 5.74) is 1.11. The third-order valence-electron chi connectivity index (χ3n) is 5.13. The van der Waals surface area contributed by atoms with Crippen LogP contribution in [0.5, 0.6) is 0 Å². The maximum absolute atomic E-state index is 12.7. The highest BCUT2D eigenvalue weighted by atomic mass is 16.3. The van der Waals surface area contributed by atoms with E-state index < -0.39 is 0 Å². The van der Waals surface area contributed by atoms with Gasteiger partial charge < -0.3 is 14.6 Å². The van der Waals surface area contributed by atoms with Gasteiger partial charge in [-0.2, -0.15) is 0 Å². The van der Waals surface area contributed by atoms with E-state index in [9.17, 15) is 9.59 Å². The average molecular weight is 302 g/mol. The van der Waals surface area contributed by atoms with Crippen LogP contribution in [0.15, 0.2) is 16.7 Å². The van der Waals surface area contributed by atoms with Crippen molar-refractivity contribution in [2.75, 3.05) is 6.54 Å². The van der Waals surface area contributed by atoms with Gasteiger partial charge in [-0.1, -0.05) is 0 Å². The number of hydrogen-bond donors (Lipinski definition) is 1. The lowest BCUT2D eigenvalue weighted by molar-refractivity contribution is -0.139. The van der Waals surface area contributed by atoms with E-state index in [1.165, 1.54) is 0 Å². The highest BCUT2D eigenvalue weighted by molar-refractivity contribution is 5.90. The van der Waals surface area contributed by atoms with E-state index in [4.69, 9.17) is 4.42 Å². The van der Waals surface area contributed by atoms with Gasteiger partial charge in [-0.15, -0.1) is 0 Å². The van der Waals surface area contributed by atoms with Crippen molar-refractivity contribution in [1.29, 1.82) is 0 Å². The largest absolute Gasteiger partial charge is 0.469 e. The fourth-order valence-corrected chi connectivity index (χ4v) is 3.77. The standard InChI is InChI=1S/C17H22N2O3/c20-16(14-4-2-9-19(14)17(21)11-6-7-11)18-13-3-1-5-15-12(13)8-10-22-15/h8,10-11,13-14H,1-7,9H2,(H,18,20)/t13-,14+/m1/s1. The van der Waals surface area contributed by atoms with E-state index in [-0.39, 0.29) is 29.8 Å². The molecule has 1 aromatic heterocycles. The lowest BCUT2D eigenvalue weighted by Gasteiger charge is -2.28. The summed E-state index contributed by atoms with van der Waals surface area (Å²) < 4.78 is 5.48. The highest BCUT2D eigenvalue weighted by Gasteiger charge is 2.41. The molecule has 0 bridgehead atoms. The molecule has 22 heavy (non-hydrogen) atoms. The summed E-state index contributed by atoms with van der Waals surface area (Å²) in [5.74, 6) is 1.37. The number of likely N-dealkylation sites (tertiary alicyclic amines) is 1. The first-order chi connectivity index (χ1) is 10.7. The molecule has 2 amide bonds. The highest BCUT2D eigenvalue weighted by Crippen LogP contribution is 2.34. The van der Waals surface area contributed by atoms with Crippen molar-refractivity contribution in [2.45, 2.75) is 57.0 Å². The van der Waals surface area contributed by atoms with Crippen molar-refractivity contribution in [3.05, 3.63) is 23.7 Å². The summed E-state index contributed by atoms with van der Waals surface area (Å²) >= 11 is 0. The lowest BCUT2D eigenvalue weighted by atomic mass is 9.93. The zero-order chi connectivity index (χ0) is 15.1. The first-order valence-corrected chi connectivity index (χ1v) is 8.41. The topological polar surface area (TPSA) is 62.6 Å². The third-order valence-corrected chi connectivity index (χ3v) is 5.13. The number of hydrogen-bond acceptors (Lipinski definition) is 3. The van der Waals surface area contributed by atoms with Crippen LogP contribution in [-0.2, 0) is 16.0 Å². The van der Waals surface area contributed by atoms with Crippen molar-refractivity contribution >= 4 is 11.8 Å². The van der Waals surface area contributed by atoms with Crippen molar-refractivity contribution in [1.82, 2.24) is 10.2 Å². The van der Waals surface area contributed by atoms with Crippen LogP contribution < -0.4 is 5.32 Å². The molecule has 2 heterocycles. The molecule has 2 aliphatic carbocycles. The molecule has 0 radical (unpaired) electrons. The van der Waals surface area contributed by atoms with Gasteiger partial charge in [0.1, 0.15) is 11.8 Å². The number of nitrogens with zero attached hydrogens (tertiary/aromatic N) is 1. The third kappa shape index (κ3) is 2.42. The zero-order valence-corrected chi connectivity index (χ0v) is 12.7. The second-order valence-corrected chi connectivity index (χ2v) is 6.72. The summed E-state index contributed by atoms with van der Waals surface area (Å²) in [6, 6.07) is 1.72. The molecule has 1 saturated carbocycles. The quantitative estimate of drug-likeness (QED) is 0.931. The van der Waals surface area contributed by atoms with Gasteiger partial charge in [0.25, 0.3) is 0 Å². The monoisotopic (exact) mass is 302 g/mol. The molecule has 5 nitrogen and oxygen atoms in total. The molecule has 1 N–H and O–H groups in total. The molecule has 0 spiro atoms.